The molecule has 5 nitrogen and oxygen atoms in total. The molecule has 33 heavy (non-hydrogen) atoms. The summed E-state index contributed by atoms with van der Waals surface area (Å²) < 4.78 is 7.77. The van der Waals surface area contributed by atoms with Gasteiger partial charge in [0.25, 0.3) is 5.91 Å². The van der Waals surface area contributed by atoms with Crippen LogP contribution in [0.2, 0.25) is 0 Å². The molecule has 2 heterocycles. The van der Waals surface area contributed by atoms with E-state index in [9.17, 15) is 4.79 Å². The Kier molecular flexibility index (Phi) is 7.04. The lowest BCUT2D eigenvalue weighted by Crippen LogP contribution is -2.29. The molecule has 1 fully saturated rings. The number of hydrogen-bond acceptors (Lipinski definition) is 4. The quantitative estimate of drug-likeness (QED) is 0.379. The molecule has 1 amide bonds. The molecule has 1 aliphatic heterocycles. The van der Waals surface area contributed by atoms with Gasteiger partial charge in [-0.05, 0) is 93.1 Å². The third-order valence-electron chi connectivity index (χ3n) is 5.48. The lowest BCUT2D eigenvalue weighted by atomic mass is 10.2. The number of carbonyl (C=O) groups is 1. The van der Waals surface area contributed by atoms with Crippen molar-refractivity contribution in [3.63, 3.8) is 0 Å². The van der Waals surface area contributed by atoms with Crippen molar-refractivity contribution in [2.24, 2.45) is 4.99 Å². The third kappa shape index (κ3) is 4.91. The number of thioether (sulfide) groups is 1. The van der Waals surface area contributed by atoms with Gasteiger partial charge in [0.2, 0.25) is 0 Å². The molecule has 0 bridgehead atoms. The Hall–Kier alpha value is -3.25. The molecular weight excluding hydrogens is 430 g/mol. The van der Waals surface area contributed by atoms with Crippen molar-refractivity contribution in [2.45, 2.75) is 34.1 Å². The van der Waals surface area contributed by atoms with Crippen molar-refractivity contribution >= 4 is 34.6 Å². The monoisotopic (exact) mass is 459 g/mol. The molecule has 0 atom stereocenters. The normalized spacial score (nSPS) is 16.2. The Bertz CT molecular complexity index is 1190. The second-order valence-corrected chi connectivity index (χ2v) is 8.90. The van der Waals surface area contributed by atoms with Crippen LogP contribution in [0.4, 0.5) is 5.69 Å². The van der Waals surface area contributed by atoms with E-state index in [2.05, 4.69) is 43.5 Å². The Labute approximate surface area is 199 Å². The fraction of sp³-hybridized carbons (Fsp3) is 0.259. The number of rotatable bonds is 7. The van der Waals surface area contributed by atoms with Gasteiger partial charge in [-0.3, -0.25) is 9.69 Å². The SMILES string of the molecule is CCCN1C(=O)/C(=C/c2cc(C)n(-c3ccc(OCC)cc3)c2C)SC1=Nc1ccccc1. The fourth-order valence-corrected chi connectivity index (χ4v) is 4.97. The first kappa shape index (κ1) is 22.9. The maximum atomic E-state index is 13.2. The summed E-state index contributed by atoms with van der Waals surface area (Å²) in [6.45, 7) is 9.52. The van der Waals surface area contributed by atoms with Crippen LogP contribution in [0.15, 0.2) is 70.6 Å². The number of aryl methyl sites for hydroxylation is 1. The zero-order valence-electron chi connectivity index (χ0n) is 19.5. The van der Waals surface area contributed by atoms with Crippen molar-refractivity contribution < 1.29 is 9.53 Å². The number of nitrogens with zero attached hydrogens (tertiary/aromatic N) is 3. The summed E-state index contributed by atoms with van der Waals surface area (Å²) in [5, 5.41) is 0.736. The largest absolute Gasteiger partial charge is 0.494 e. The van der Waals surface area contributed by atoms with Crippen LogP contribution in [0, 0.1) is 13.8 Å². The topological polar surface area (TPSA) is 46.8 Å². The molecule has 0 spiro atoms. The minimum atomic E-state index is 0.0161. The van der Waals surface area contributed by atoms with Gasteiger partial charge in [-0.2, -0.15) is 0 Å². The summed E-state index contributed by atoms with van der Waals surface area (Å²) in [6, 6.07) is 20.0. The number of para-hydroxylation sites is 1. The van der Waals surface area contributed by atoms with Crippen LogP contribution in [0.5, 0.6) is 5.75 Å². The highest BCUT2D eigenvalue weighted by atomic mass is 32.2. The van der Waals surface area contributed by atoms with E-state index >= 15 is 0 Å². The molecular formula is C27H29N3O2S. The van der Waals surface area contributed by atoms with Crippen LogP contribution in [0.25, 0.3) is 11.8 Å². The molecule has 0 N–H and O–H groups in total. The van der Waals surface area contributed by atoms with Crippen molar-refractivity contribution in [2.75, 3.05) is 13.2 Å². The van der Waals surface area contributed by atoms with E-state index in [4.69, 9.17) is 9.73 Å². The highest BCUT2D eigenvalue weighted by molar-refractivity contribution is 8.18. The number of hydrogen-bond donors (Lipinski definition) is 0. The number of carbonyl (C=O) groups excluding carboxylic acids is 1. The van der Waals surface area contributed by atoms with E-state index in [0.717, 1.165) is 45.7 Å². The summed E-state index contributed by atoms with van der Waals surface area (Å²) >= 11 is 1.45. The minimum absolute atomic E-state index is 0.0161. The van der Waals surface area contributed by atoms with Gasteiger partial charge >= 0.3 is 0 Å². The van der Waals surface area contributed by atoms with Gasteiger partial charge in [0.1, 0.15) is 5.75 Å². The Balaban J connectivity index is 1.66. The molecule has 0 saturated carbocycles. The van der Waals surface area contributed by atoms with Gasteiger partial charge in [-0.15, -0.1) is 0 Å². The molecule has 0 radical (unpaired) electrons. The number of aromatic nitrogens is 1. The number of aliphatic imine (C=N–C) groups is 1. The second-order valence-electron chi connectivity index (χ2n) is 7.89. The maximum Gasteiger partial charge on any atom is 0.266 e. The Morgan fingerprint density at radius 2 is 1.76 bits per heavy atom. The van der Waals surface area contributed by atoms with E-state index in [1.807, 2.05) is 55.5 Å². The summed E-state index contributed by atoms with van der Waals surface area (Å²) in [4.78, 5) is 20.4. The summed E-state index contributed by atoms with van der Waals surface area (Å²) in [7, 11) is 0. The minimum Gasteiger partial charge on any atom is -0.494 e. The smallest absolute Gasteiger partial charge is 0.266 e. The van der Waals surface area contributed by atoms with Crippen LogP contribution in [-0.2, 0) is 4.79 Å². The molecule has 1 saturated heterocycles. The molecule has 170 valence electrons. The van der Waals surface area contributed by atoms with Crippen LogP contribution in [-0.4, -0.2) is 33.7 Å². The highest BCUT2D eigenvalue weighted by Crippen LogP contribution is 2.35. The molecule has 1 aliphatic rings. The standard InChI is InChI=1S/C27H29N3O2S/c1-5-16-29-26(31)25(33-27(29)28-22-10-8-7-9-11-22)18-21-17-19(3)30(20(21)4)23-12-14-24(15-13-23)32-6-2/h7-15,17-18H,5-6,16H2,1-4H3/b25-18-,28-27?. The second kappa shape index (κ2) is 10.1. The van der Waals surface area contributed by atoms with E-state index in [0.29, 0.717) is 18.1 Å². The first-order valence-corrected chi connectivity index (χ1v) is 12.1. The van der Waals surface area contributed by atoms with Crippen molar-refractivity contribution in [3.05, 3.63) is 82.5 Å². The van der Waals surface area contributed by atoms with Crippen molar-refractivity contribution in [3.8, 4) is 11.4 Å². The predicted octanol–water partition coefficient (Wildman–Crippen LogP) is 6.51. The summed E-state index contributed by atoms with van der Waals surface area (Å²) in [5.41, 5.74) is 5.16. The fourth-order valence-electron chi connectivity index (χ4n) is 3.96. The van der Waals surface area contributed by atoms with Gasteiger partial charge in [0, 0.05) is 23.6 Å². The average Bonchev–Trinajstić information content (AvgIpc) is 3.25. The summed E-state index contributed by atoms with van der Waals surface area (Å²) in [6.07, 6.45) is 2.87. The van der Waals surface area contributed by atoms with E-state index in [1.165, 1.54) is 11.8 Å². The number of amidine groups is 1. The molecule has 2 aromatic carbocycles. The zero-order chi connectivity index (χ0) is 23.4. The van der Waals surface area contributed by atoms with E-state index in [-0.39, 0.29) is 5.91 Å². The van der Waals surface area contributed by atoms with Crippen LogP contribution in [0.1, 0.15) is 37.2 Å². The van der Waals surface area contributed by atoms with Gasteiger partial charge in [-0.1, -0.05) is 25.1 Å². The van der Waals surface area contributed by atoms with Crippen molar-refractivity contribution in [1.29, 1.82) is 0 Å². The number of benzene rings is 2. The lowest BCUT2D eigenvalue weighted by molar-refractivity contribution is -0.122. The van der Waals surface area contributed by atoms with Gasteiger partial charge in [0.05, 0.1) is 17.2 Å². The molecule has 3 aromatic rings. The zero-order valence-corrected chi connectivity index (χ0v) is 20.4. The number of ether oxygens (including phenoxy) is 1. The predicted molar refractivity (Wildman–Crippen MR) is 138 cm³/mol. The highest BCUT2D eigenvalue weighted by Gasteiger charge is 2.33. The first-order valence-electron chi connectivity index (χ1n) is 11.3. The first-order chi connectivity index (χ1) is 16.0. The molecule has 0 aliphatic carbocycles. The maximum absolute atomic E-state index is 13.2. The van der Waals surface area contributed by atoms with E-state index < -0.39 is 0 Å². The van der Waals surface area contributed by atoms with Crippen LogP contribution in [0.3, 0.4) is 0 Å². The van der Waals surface area contributed by atoms with Gasteiger partial charge < -0.3 is 9.30 Å². The molecule has 0 unspecified atom stereocenters. The molecule has 6 heteroatoms. The van der Waals surface area contributed by atoms with E-state index in [1.54, 1.807) is 4.90 Å². The third-order valence-corrected chi connectivity index (χ3v) is 6.49. The lowest BCUT2D eigenvalue weighted by Gasteiger charge is -2.13. The van der Waals surface area contributed by atoms with Gasteiger partial charge in [0.15, 0.2) is 5.17 Å². The Morgan fingerprint density at radius 3 is 2.42 bits per heavy atom. The molecule has 4 rings (SSSR count). The van der Waals surface area contributed by atoms with Crippen LogP contribution >= 0.6 is 11.8 Å². The summed E-state index contributed by atoms with van der Waals surface area (Å²) in [5.74, 6) is 0.877. The van der Waals surface area contributed by atoms with Crippen LogP contribution < -0.4 is 4.74 Å². The van der Waals surface area contributed by atoms with Gasteiger partial charge in [-0.25, -0.2) is 4.99 Å². The number of amides is 1. The van der Waals surface area contributed by atoms with Crippen molar-refractivity contribution in [1.82, 2.24) is 9.47 Å². The average molecular weight is 460 g/mol. The molecule has 1 aromatic heterocycles. The Morgan fingerprint density at radius 1 is 1.03 bits per heavy atom.